The molecule has 0 bridgehead atoms. The standard InChI is InChI=1S/C15H19BrO/c1-15(2,3)10-6-8-13(17)11-12-7-4-5-9-14(12)16/h4-5,7,9,13,17H,8,11H2,1-3H3. The van der Waals surface area contributed by atoms with Crippen molar-refractivity contribution in [1.82, 2.24) is 0 Å². The molecule has 1 rings (SSSR count). The van der Waals surface area contributed by atoms with E-state index in [4.69, 9.17) is 0 Å². The Labute approximate surface area is 112 Å². The SMILES string of the molecule is CC(C)(C)C#CCC(O)Cc1ccccc1Br. The van der Waals surface area contributed by atoms with Crippen LogP contribution in [0.15, 0.2) is 28.7 Å². The van der Waals surface area contributed by atoms with Gasteiger partial charge in [0.1, 0.15) is 0 Å². The maximum Gasteiger partial charge on any atom is 0.0690 e. The fourth-order valence-corrected chi connectivity index (χ4v) is 1.87. The van der Waals surface area contributed by atoms with Gasteiger partial charge in [-0.3, -0.25) is 0 Å². The molecule has 0 saturated heterocycles. The molecule has 1 aromatic carbocycles. The van der Waals surface area contributed by atoms with Gasteiger partial charge in [0.05, 0.1) is 6.10 Å². The second-order valence-corrected chi connectivity index (χ2v) is 6.06. The van der Waals surface area contributed by atoms with E-state index in [1.165, 1.54) is 0 Å². The second-order valence-electron chi connectivity index (χ2n) is 5.21. The van der Waals surface area contributed by atoms with Crippen LogP contribution in [0.2, 0.25) is 0 Å². The van der Waals surface area contributed by atoms with Crippen LogP contribution in [0.4, 0.5) is 0 Å². The maximum atomic E-state index is 9.90. The van der Waals surface area contributed by atoms with Crippen molar-refractivity contribution >= 4 is 15.9 Å². The molecule has 0 heterocycles. The van der Waals surface area contributed by atoms with Crippen LogP contribution in [0.5, 0.6) is 0 Å². The fourth-order valence-electron chi connectivity index (χ4n) is 1.42. The third-order valence-electron chi connectivity index (χ3n) is 2.21. The van der Waals surface area contributed by atoms with Gasteiger partial charge >= 0.3 is 0 Å². The lowest BCUT2D eigenvalue weighted by Gasteiger charge is -2.10. The van der Waals surface area contributed by atoms with E-state index in [1.807, 2.05) is 24.3 Å². The van der Waals surface area contributed by atoms with Gasteiger partial charge in [-0.2, -0.15) is 0 Å². The molecule has 0 saturated carbocycles. The number of aliphatic hydroxyl groups is 1. The van der Waals surface area contributed by atoms with Gasteiger partial charge in [0.15, 0.2) is 0 Å². The Bertz CT molecular complexity index is 421. The number of halogens is 1. The van der Waals surface area contributed by atoms with Gasteiger partial charge in [0.25, 0.3) is 0 Å². The Morgan fingerprint density at radius 1 is 1.29 bits per heavy atom. The van der Waals surface area contributed by atoms with E-state index in [2.05, 4.69) is 48.5 Å². The van der Waals surface area contributed by atoms with Crippen LogP contribution >= 0.6 is 15.9 Å². The Hall–Kier alpha value is -0.780. The Kier molecular flexibility index (Phi) is 5.24. The highest BCUT2D eigenvalue weighted by atomic mass is 79.9. The molecular formula is C15H19BrO. The average Bonchev–Trinajstić information content (AvgIpc) is 2.19. The van der Waals surface area contributed by atoms with Crippen LogP contribution in [0.3, 0.4) is 0 Å². The summed E-state index contributed by atoms with van der Waals surface area (Å²) in [5.74, 6) is 6.18. The summed E-state index contributed by atoms with van der Waals surface area (Å²) in [4.78, 5) is 0. The van der Waals surface area contributed by atoms with Gasteiger partial charge < -0.3 is 5.11 Å². The highest BCUT2D eigenvalue weighted by molar-refractivity contribution is 9.10. The molecule has 1 N–H and O–H groups in total. The molecule has 17 heavy (non-hydrogen) atoms. The molecule has 1 nitrogen and oxygen atoms in total. The van der Waals surface area contributed by atoms with Crippen molar-refractivity contribution in [3.63, 3.8) is 0 Å². The number of rotatable bonds is 3. The summed E-state index contributed by atoms with van der Waals surface area (Å²) in [6.07, 6.45) is 0.766. The largest absolute Gasteiger partial charge is 0.392 e. The zero-order valence-electron chi connectivity index (χ0n) is 10.6. The monoisotopic (exact) mass is 294 g/mol. The lowest BCUT2D eigenvalue weighted by molar-refractivity contribution is 0.180. The minimum absolute atomic E-state index is 0.00699. The van der Waals surface area contributed by atoms with Gasteiger partial charge in [-0.15, -0.1) is 5.92 Å². The van der Waals surface area contributed by atoms with E-state index in [1.54, 1.807) is 0 Å². The van der Waals surface area contributed by atoms with E-state index in [0.717, 1.165) is 10.0 Å². The van der Waals surface area contributed by atoms with Gasteiger partial charge in [-0.1, -0.05) is 40.0 Å². The molecule has 0 aliphatic heterocycles. The Morgan fingerprint density at radius 3 is 2.53 bits per heavy atom. The molecular weight excluding hydrogens is 276 g/mol. The molecule has 0 aromatic heterocycles. The van der Waals surface area contributed by atoms with Crippen LogP contribution in [0.25, 0.3) is 0 Å². The van der Waals surface area contributed by atoms with Crippen molar-refractivity contribution < 1.29 is 5.11 Å². The van der Waals surface area contributed by atoms with E-state index in [0.29, 0.717) is 12.8 Å². The number of hydrogen-bond donors (Lipinski definition) is 1. The molecule has 1 atom stereocenters. The molecule has 0 radical (unpaired) electrons. The fraction of sp³-hybridized carbons (Fsp3) is 0.467. The zero-order chi connectivity index (χ0) is 12.9. The minimum Gasteiger partial charge on any atom is -0.392 e. The molecule has 2 heteroatoms. The van der Waals surface area contributed by atoms with Crippen LogP contribution in [0.1, 0.15) is 32.8 Å². The topological polar surface area (TPSA) is 20.2 Å². The molecule has 0 fully saturated rings. The first-order valence-corrected chi connectivity index (χ1v) is 6.59. The number of aliphatic hydroxyl groups excluding tert-OH is 1. The summed E-state index contributed by atoms with van der Waals surface area (Å²) in [5.41, 5.74) is 1.13. The van der Waals surface area contributed by atoms with Crippen molar-refractivity contribution in [3.05, 3.63) is 34.3 Å². The highest BCUT2D eigenvalue weighted by Gasteiger charge is 2.07. The van der Waals surface area contributed by atoms with Crippen LogP contribution < -0.4 is 0 Å². The number of benzene rings is 1. The van der Waals surface area contributed by atoms with Gasteiger partial charge in [0.2, 0.25) is 0 Å². The third-order valence-corrected chi connectivity index (χ3v) is 2.99. The summed E-state index contributed by atoms with van der Waals surface area (Å²) >= 11 is 3.48. The molecule has 0 aliphatic rings. The minimum atomic E-state index is -0.399. The van der Waals surface area contributed by atoms with Crippen LogP contribution in [0, 0.1) is 17.3 Å². The lowest BCUT2D eigenvalue weighted by atomic mass is 9.97. The predicted octanol–water partition coefficient (Wildman–Crippen LogP) is 3.79. The van der Waals surface area contributed by atoms with Crippen molar-refractivity contribution in [2.75, 3.05) is 0 Å². The first-order valence-electron chi connectivity index (χ1n) is 5.80. The Morgan fingerprint density at radius 2 is 1.94 bits per heavy atom. The maximum absolute atomic E-state index is 9.90. The molecule has 0 amide bonds. The predicted molar refractivity (Wildman–Crippen MR) is 75.7 cm³/mol. The van der Waals surface area contributed by atoms with E-state index in [-0.39, 0.29) is 5.41 Å². The number of hydrogen-bond acceptors (Lipinski definition) is 1. The Balaban J connectivity index is 2.53. The smallest absolute Gasteiger partial charge is 0.0690 e. The zero-order valence-corrected chi connectivity index (χ0v) is 12.2. The second kappa shape index (κ2) is 6.23. The highest BCUT2D eigenvalue weighted by Crippen LogP contribution is 2.18. The molecule has 1 aromatic rings. The van der Waals surface area contributed by atoms with Crippen LogP contribution in [-0.4, -0.2) is 11.2 Å². The van der Waals surface area contributed by atoms with E-state index in [9.17, 15) is 5.11 Å². The van der Waals surface area contributed by atoms with Gasteiger partial charge in [0, 0.05) is 22.7 Å². The van der Waals surface area contributed by atoms with E-state index < -0.39 is 6.10 Å². The molecule has 0 spiro atoms. The molecule has 92 valence electrons. The lowest BCUT2D eigenvalue weighted by Crippen LogP contribution is -2.10. The first-order chi connectivity index (χ1) is 7.88. The normalized spacial score (nSPS) is 12.8. The van der Waals surface area contributed by atoms with Gasteiger partial charge in [-0.25, -0.2) is 0 Å². The van der Waals surface area contributed by atoms with Crippen LogP contribution in [-0.2, 0) is 6.42 Å². The summed E-state index contributed by atoms with van der Waals surface area (Å²) in [6, 6.07) is 7.96. The summed E-state index contributed by atoms with van der Waals surface area (Å²) < 4.78 is 1.04. The van der Waals surface area contributed by atoms with E-state index >= 15 is 0 Å². The van der Waals surface area contributed by atoms with Crippen molar-refractivity contribution in [1.29, 1.82) is 0 Å². The summed E-state index contributed by atoms with van der Waals surface area (Å²) in [6.45, 7) is 6.21. The van der Waals surface area contributed by atoms with Crippen molar-refractivity contribution in [2.24, 2.45) is 5.41 Å². The third kappa shape index (κ3) is 5.91. The molecule has 0 aliphatic carbocycles. The van der Waals surface area contributed by atoms with Crippen molar-refractivity contribution in [3.8, 4) is 11.8 Å². The van der Waals surface area contributed by atoms with Gasteiger partial charge in [-0.05, 0) is 32.4 Å². The van der Waals surface area contributed by atoms with Crippen molar-refractivity contribution in [2.45, 2.75) is 39.7 Å². The summed E-state index contributed by atoms with van der Waals surface area (Å²) in [7, 11) is 0. The molecule has 1 unspecified atom stereocenters. The first kappa shape index (κ1) is 14.3. The summed E-state index contributed by atoms with van der Waals surface area (Å²) in [5, 5.41) is 9.90. The average molecular weight is 295 g/mol. The quantitative estimate of drug-likeness (QED) is 0.841.